The number of ether oxygens (including phenoxy) is 2. The molecule has 0 saturated heterocycles. The van der Waals surface area contributed by atoms with E-state index in [0.717, 1.165) is 12.1 Å². The Morgan fingerprint density at radius 2 is 1.88 bits per heavy atom. The molecular weight excluding hydrogens is 355 g/mol. The van der Waals surface area contributed by atoms with Gasteiger partial charge in [-0.15, -0.1) is 13.2 Å². The zero-order chi connectivity index (χ0) is 18.6. The summed E-state index contributed by atoms with van der Waals surface area (Å²) < 4.78 is 50.9. The van der Waals surface area contributed by atoms with E-state index in [1.165, 1.54) is 42.9 Å². The van der Waals surface area contributed by atoms with Crippen molar-refractivity contribution < 1.29 is 31.9 Å². The maximum absolute atomic E-state index is 12.3. The van der Waals surface area contributed by atoms with Crippen LogP contribution in [0.2, 0.25) is 0 Å². The molecule has 10 heteroatoms. The van der Waals surface area contributed by atoms with E-state index in [9.17, 15) is 18.0 Å². The Bertz CT molecular complexity index is 898. The number of halogens is 3. The third kappa shape index (κ3) is 4.72. The van der Waals surface area contributed by atoms with Crippen LogP contribution in [0.25, 0.3) is 0 Å². The molecular formula is C16H10F3N3O4. The molecule has 2 aromatic heterocycles. The van der Waals surface area contributed by atoms with Crippen molar-refractivity contribution in [3.63, 3.8) is 0 Å². The Labute approximate surface area is 144 Å². The SMILES string of the molecule is O=C(Nc1ncco1)c1ccnc(Oc2cccc(OC(F)(F)F)c2)c1. The van der Waals surface area contributed by atoms with E-state index in [1.807, 2.05) is 0 Å². The number of anilines is 1. The van der Waals surface area contributed by atoms with Crippen molar-refractivity contribution >= 4 is 11.9 Å². The van der Waals surface area contributed by atoms with Crippen LogP contribution in [0, 0.1) is 0 Å². The summed E-state index contributed by atoms with van der Waals surface area (Å²) in [7, 11) is 0. The van der Waals surface area contributed by atoms with Gasteiger partial charge < -0.3 is 13.9 Å². The van der Waals surface area contributed by atoms with Crippen LogP contribution >= 0.6 is 0 Å². The first-order chi connectivity index (χ1) is 12.4. The molecule has 0 fully saturated rings. The second kappa shape index (κ2) is 7.13. The van der Waals surface area contributed by atoms with Crippen molar-refractivity contribution in [2.24, 2.45) is 0 Å². The smallest absolute Gasteiger partial charge is 0.439 e. The number of hydrogen-bond donors (Lipinski definition) is 1. The minimum absolute atomic E-state index is 0.00853. The van der Waals surface area contributed by atoms with Crippen LogP contribution in [0.3, 0.4) is 0 Å². The van der Waals surface area contributed by atoms with Crippen molar-refractivity contribution in [3.05, 3.63) is 60.6 Å². The highest BCUT2D eigenvalue weighted by molar-refractivity contribution is 6.03. The summed E-state index contributed by atoms with van der Waals surface area (Å²) in [6.07, 6.45) is -0.829. The quantitative estimate of drug-likeness (QED) is 0.735. The van der Waals surface area contributed by atoms with Crippen molar-refractivity contribution in [2.75, 3.05) is 5.32 Å². The van der Waals surface area contributed by atoms with Crippen molar-refractivity contribution in [1.82, 2.24) is 9.97 Å². The van der Waals surface area contributed by atoms with Gasteiger partial charge in [0.1, 0.15) is 17.8 Å². The van der Waals surface area contributed by atoms with E-state index >= 15 is 0 Å². The van der Waals surface area contributed by atoms with Gasteiger partial charge in [0, 0.05) is 23.9 Å². The average Bonchev–Trinajstić information content (AvgIpc) is 3.07. The van der Waals surface area contributed by atoms with Gasteiger partial charge >= 0.3 is 12.4 Å². The van der Waals surface area contributed by atoms with Gasteiger partial charge in [-0.05, 0) is 18.2 Å². The first-order valence-electron chi connectivity index (χ1n) is 7.10. The molecule has 1 aromatic carbocycles. The fourth-order valence-electron chi connectivity index (χ4n) is 1.92. The van der Waals surface area contributed by atoms with Crippen LogP contribution in [-0.2, 0) is 0 Å². The van der Waals surface area contributed by atoms with E-state index in [2.05, 4.69) is 20.0 Å². The number of carbonyl (C=O) groups is 1. The Hall–Kier alpha value is -3.56. The summed E-state index contributed by atoms with van der Waals surface area (Å²) in [5.74, 6) is -0.889. The maximum atomic E-state index is 12.3. The van der Waals surface area contributed by atoms with E-state index in [0.29, 0.717) is 0 Å². The molecule has 1 N–H and O–H groups in total. The van der Waals surface area contributed by atoms with Gasteiger partial charge in [0.2, 0.25) is 5.88 Å². The van der Waals surface area contributed by atoms with E-state index in [-0.39, 0.29) is 23.2 Å². The van der Waals surface area contributed by atoms with E-state index < -0.39 is 18.0 Å². The van der Waals surface area contributed by atoms with Gasteiger partial charge in [0.15, 0.2) is 0 Å². The maximum Gasteiger partial charge on any atom is 0.573 e. The van der Waals surface area contributed by atoms with Crippen LogP contribution in [0.1, 0.15) is 10.4 Å². The standard InChI is InChI=1S/C16H10F3N3O4/c17-16(18,19)26-12-3-1-2-11(9-12)25-13-8-10(4-5-20-13)14(23)22-15-21-6-7-24-15/h1-9H,(H,21,22,23). The molecule has 0 saturated carbocycles. The number of amides is 1. The van der Waals surface area contributed by atoms with Crippen LogP contribution in [0.15, 0.2) is 59.5 Å². The molecule has 0 unspecified atom stereocenters. The zero-order valence-electron chi connectivity index (χ0n) is 12.9. The highest BCUT2D eigenvalue weighted by Gasteiger charge is 2.31. The number of nitrogens with one attached hydrogen (secondary N) is 1. The summed E-state index contributed by atoms with van der Waals surface area (Å²) in [5, 5.41) is 2.42. The largest absolute Gasteiger partial charge is 0.573 e. The van der Waals surface area contributed by atoms with Gasteiger partial charge in [-0.25, -0.2) is 9.97 Å². The number of pyridine rings is 1. The number of carbonyl (C=O) groups excluding carboxylic acids is 1. The minimum Gasteiger partial charge on any atom is -0.439 e. The number of rotatable bonds is 5. The second-order valence-corrected chi connectivity index (χ2v) is 4.80. The lowest BCUT2D eigenvalue weighted by atomic mass is 10.2. The summed E-state index contributed by atoms with van der Waals surface area (Å²) in [6.45, 7) is 0. The highest BCUT2D eigenvalue weighted by Crippen LogP contribution is 2.28. The molecule has 2 heterocycles. The van der Waals surface area contributed by atoms with E-state index in [4.69, 9.17) is 9.15 Å². The highest BCUT2D eigenvalue weighted by atomic mass is 19.4. The van der Waals surface area contributed by atoms with Gasteiger partial charge in [-0.2, -0.15) is 0 Å². The lowest BCUT2D eigenvalue weighted by Gasteiger charge is -2.10. The molecule has 7 nitrogen and oxygen atoms in total. The van der Waals surface area contributed by atoms with Crippen LogP contribution in [0.5, 0.6) is 17.4 Å². The predicted molar refractivity (Wildman–Crippen MR) is 81.9 cm³/mol. The number of aromatic nitrogens is 2. The number of oxazole rings is 1. The van der Waals surface area contributed by atoms with Crippen LogP contribution < -0.4 is 14.8 Å². The minimum atomic E-state index is -4.81. The third-order valence-electron chi connectivity index (χ3n) is 2.91. The Morgan fingerprint density at radius 1 is 1.08 bits per heavy atom. The molecule has 0 bridgehead atoms. The zero-order valence-corrected chi connectivity index (χ0v) is 12.9. The third-order valence-corrected chi connectivity index (χ3v) is 2.91. The van der Waals surface area contributed by atoms with Gasteiger partial charge in [0.05, 0.1) is 6.20 Å². The fraction of sp³-hybridized carbons (Fsp3) is 0.0625. The van der Waals surface area contributed by atoms with Gasteiger partial charge in [0.25, 0.3) is 5.91 Å². The first-order valence-corrected chi connectivity index (χ1v) is 7.10. The summed E-state index contributed by atoms with van der Waals surface area (Å²) in [4.78, 5) is 19.8. The molecule has 0 aliphatic carbocycles. The summed E-state index contributed by atoms with van der Waals surface area (Å²) in [5.41, 5.74) is 0.191. The Morgan fingerprint density at radius 3 is 2.62 bits per heavy atom. The summed E-state index contributed by atoms with van der Waals surface area (Å²) in [6, 6.07) is 7.69. The van der Waals surface area contributed by atoms with Crippen LogP contribution in [0.4, 0.5) is 19.2 Å². The molecule has 0 atom stereocenters. The second-order valence-electron chi connectivity index (χ2n) is 4.80. The molecule has 1 amide bonds. The number of alkyl halides is 3. The molecule has 0 aliphatic rings. The molecule has 3 aromatic rings. The molecule has 0 radical (unpaired) electrons. The van der Waals surface area contributed by atoms with Gasteiger partial charge in [-0.1, -0.05) is 6.07 Å². The van der Waals surface area contributed by atoms with E-state index in [1.54, 1.807) is 0 Å². The number of hydrogen-bond acceptors (Lipinski definition) is 6. The van der Waals surface area contributed by atoms with Gasteiger partial charge in [-0.3, -0.25) is 10.1 Å². The fourth-order valence-corrected chi connectivity index (χ4v) is 1.92. The lowest BCUT2D eigenvalue weighted by molar-refractivity contribution is -0.274. The topological polar surface area (TPSA) is 86.5 Å². The lowest BCUT2D eigenvalue weighted by Crippen LogP contribution is -2.17. The molecule has 26 heavy (non-hydrogen) atoms. The molecule has 3 rings (SSSR count). The normalized spacial score (nSPS) is 11.0. The Balaban J connectivity index is 1.72. The van der Waals surface area contributed by atoms with Crippen molar-refractivity contribution in [2.45, 2.75) is 6.36 Å². The van der Waals surface area contributed by atoms with Crippen LogP contribution in [-0.4, -0.2) is 22.2 Å². The monoisotopic (exact) mass is 365 g/mol. The molecule has 134 valence electrons. The average molecular weight is 365 g/mol. The summed E-state index contributed by atoms with van der Waals surface area (Å²) >= 11 is 0. The Kier molecular flexibility index (Phi) is 4.74. The first kappa shape index (κ1) is 17.3. The predicted octanol–water partition coefficient (Wildman–Crippen LogP) is 4.01. The molecule has 0 aliphatic heterocycles. The number of benzene rings is 1. The van der Waals surface area contributed by atoms with Crippen molar-refractivity contribution in [3.8, 4) is 17.4 Å². The number of nitrogens with zero attached hydrogens (tertiary/aromatic N) is 2. The van der Waals surface area contributed by atoms with Crippen molar-refractivity contribution in [1.29, 1.82) is 0 Å². The molecule has 0 spiro atoms.